The zero-order valence-corrected chi connectivity index (χ0v) is 19.7. The summed E-state index contributed by atoms with van der Waals surface area (Å²) >= 11 is 6.07. The van der Waals surface area contributed by atoms with Gasteiger partial charge in [-0.05, 0) is 53.9 Å². The van der Waals surface area contributed by atoms with E-state index in [-0.39, 0.29) is 24.7 Å². The Kier molecular flexibility index (Phi) is 6.76. The topological polar surface area (TPSA) is 88.6 Å². The summed E-state index contributed by atoms with van der Waals surface area (Å²) in [4.78, 5) is 30.1. The Bertz CT molecular complexity index is 1250. The molecule has 7 nitrogen and oxygen atoms in total. The third kappa shape index (κ3) is 4.91. The molecule has 1 amide bonds. The van der Waals surface area contributed by atoms with Crippen LogP contribution in [0, 0.1) is 0 Å². The monoisotopic (exact) mass is 483 g/mol. The van der Waals surface area contributed by atoms with Gasteiger partial charge in [0.05, 0.1) is 12.8 Å². The van der Waals surface area contributed by atoms with Crippen LogP contribution in [0.4, 0.5) is 5.69 Å². The van der Waals surface area contributed by atoms with E-state index >= 15 is 0 Å². The van der Waals surface area contributed by atoms with Gasteiger partial charge in [-0.1, -0.05) is 23.7 Å². The SMILES string of the molecule is COc1cc(CNC(=O)c2ccc3c(c2)C(=O)C(Cc2cccc(Cl)c2)S(=O)N3C)ccn1. The Morgan fingerprint density at radius 2 is 2.00 bits per heavy atom. The fourth-order valence-corrected chi connectivity index (χ4v) is 5.29. The van der Waals surface area contributed by atoms with Crippen LogP contribution in [0.1, 0.15) is 31.8 Å². The van der Waals surface area contributed by atoms with E-state index in [4.69, 9.17) is 16.3 Å². The van der Waals surface area contributed by atoms with Gasteiger partial charge in [0.25, 0.3) is 5.91 Å². The van der Waals surface area contributed by atoms with Crippen molar-refractivity contribution in [2.75, 3.05) is 18.5 Å². The molecule has 0 spiro atoms. The molecule has 4 rings (SSSR count). The molecular weight excluding hydrogens is 462 g/mol. The Labute approximate surface area is 199 Å². The van der Waals surface area contributed by atoms with E-state index in [1.54, 1.807) is 66.1 Å². The molecule has 2 aromatic carbocycles. The van der Waals surface area contributed by atoms with Gasteiger partial charge in [0.1, 0.15) is 16.2 Å². The number of anilines is 1. The molecule has 1 aliphatic heterocycles. The summed E-state index contributed by atoms with van der Waals surface area (Å²) in [7, 11) is 1.66. The van der Waals surface area contributed by atoms with Gasteiger partial charge in [0, 0.05) is 42.0 Å². The number of nitrogens with zero attached hydrogens (tertiary/aromatic N) is 2. The maximum Gasteiger partial charge on any atom is 0.251 e. The highest BCUT2D eigenvalue weighted by atomic mass is 35.5. The number of amides is 1. The number of rotatable bonds is 6. The number of aromatic nitrogens is 1. The first kappa shape index (κ1) is 22.9. The van der Waals surface area contributed by atoms with Crippen LogP contribution in [0.25, 0.3) is 0 Å². The number of benzene rings is 2. The van der Waals surface area contributed by atoms with Crippen LogP contribution in [0.2, 0.25) is 5.02 Å². The Morgan fingerprint density at radius 3 is 2.76 bits per heavy atom. The largest absolute Gasteiger partial charge is 0.481 e. The highest BCUT2D eigenvalue weighted by molar-refractivity contribution is 7.88. The number of Topliss-reactive ketones (excluding diaryl/α,β-unsaturated/α-hetero) is 1. The zero-order valence-electron chi connectivity index (χ0n) is 18.1. The smallest absolute Gasteiger partial charge is 0.251 e. The number of pyridine rings is 1. The van der Waals surface area contributed by atoms with Crippen molar-refractivity contribution in [1.82, 2.24) is 10.3 Å². The summed E-state index contributed by atoms with van der Waals surface area (Å²) in [6, 6.07) is 15.5. The second-order valence-electron chi connectivity index (χ2n) is 7.58. The van der Waals surface area contributed by atoms with Crippen molar-refractivity contribution in [2.24, 2.45) is 0 Å². The van der Waals surface area contributed by atoms with Gasteiger partial charge in [-0.2, -0.15) is 0 Å². The predicted octanol–water partition coefficient (Wildman–Crippen LogP) is 3.58. The lowest BCUT2D eigenvalue weighted by Gasteiger charge is -2.31. The quantitative estimate of drug-likeness (QED) is 0.579. The third-order valence-electron chi connectivity index (χ3n) is 5.44. The Morgan fingerprint density at radius 1 is 1.18 bits per heavy atom. The normalized spacial score (nSPS) is 17.4. The molecule has 1 N–H and O–H groups in total. The van der Waals surface area contributed by atoms with Gasteiger partial charge >= 0.3 is 0 Å². The molecule has 33 heavy (non-hydrogen) atoms. The van der Waals surface area contributed by atoms with Crippen molar-refractivity contribution in [3.8, 4) is 5.88 Å². The first-order valence-electron chi connectivity index (χ1n) is 10.2. The number of methoxy groups -OCH3 is 1. The lowest BCUT2D eigenvalue weighted by Crippen LogP contribution is -2.42. The fraction of sp³-hybridized carbons (Fsp3) is 0.208. The van der Waals surface area contributed by atoms with E-state index in [1.807, 2.05) is 6.07 Å². The van der Waals surface area contributed by atoms with Crippen LogP contribution in [-0.4, -0.2) is 40.3 Å². The summed E-state index contributed by atoms with van der Waals surface area (Å²) in [6.45, 7) is 0.282. The minimum Gasteiger partial charge on any atom is -0.481 e. The molecule has 9 heteroatoms. The molecule has 1 aliphatic rings. The van der Waals surface area contributed by atoms with Crippen molar-refractivity contribution >= 4 is 40.0 Å². The van der Waals surface area contributed by atoms with E-state index in [0.717, 1.165) is 11.1 Å². The second-order valence-corrected chi connectivity index (χ2v) is 9.69. The van der Waals surface area contributed by atoms with Crippen LogP contribution >= 0.6 is 11.6 Å². The molecule has 2 heterocycles. The highest BCUT2D eigenvalue weighted by Gasteiger charge is 2.37. The number of ketones is 1. The predicted molar refractivity (Wildman–Crippen MR) is 128 cm³/mol. The maximum absolute atomic E-state index is 13.3. The highest BCUT2D eigenvalue weighted by Crippen LogP contribution is 2.32. The molecule has 2 atom stereocenters. The van der Waals surface area contributed by atoms with Crippen LogP contribution in [-0.2, 0) is 24.0 Å². The molecule has 2 unspecified atom stereocenters. The second kappa shape index (κ2) is 9.72. The minimum absolute atomic E-state index is 0.255. The molecule has 0 fully saturated rings. The average Bonchev–Trinajstić information content (AvgIpc) is 2.83. The van der Waals surface area contributed by atoms with Gasteiger partial charge in [0.15, 0.2) is 5.78 Å². The van der Waals surface area contributed by atoms with E-state index in [1.165, 1.54) is 7.11 Å². The molecule has 0 saturated carbocycles. The Hall–Kier alpha value is -3.23. The number of hydrogen-bond acceptors (Lipinski definition) is 5. The number of hydrogen-bond donors (Lipinski definition) is 1. The van der Waals surface area contributed by atoms with Crippen molar-refractivity contribution in [1.29, 1.82) is 0 Å². The molecule has 0 radical (unpaired) electrons. The number of halogens is 1. The van der Waals surface area contributed by atoms with E-state index < -0.39 is 16.2 Å². The van der Waals surface area contributed by atoms with Crippen LogP contribution < -0.4 is 14.4 Å². The molecule has 1 aromatic heterocycles. The zero-order chi connectivity index (χ0) is 23.5. The number of nitrogens with one attached hydrogen (secondary N) is 1. The molecule has 0 bridgehead atoms. The van der Waals surface area contributed by atoms with E-state index in [0.29, 0.717) is 27.7 Å². The van der Waals surface area contributed by atoms with Crippen LogP contribution in [0.15, 0.2) is 60.8 Å². The van der Waals surface area contributed by atoms with Crippen molar-refractivity contribution in [2.45, 2.75) is 18.2 Å². The lowest BCUT2D eigenvalue weighted by molar-refractivity contribution is 0.0951. The van der Waals surface area contributed by atoms with Crippen molar-refractivity contribution < 1.29 is 18.5 Å². The maximum atomic E-state index is 13.3. The standard InChI is InChI=1S/C24H22ClN3O4S/c1-28-20-7-6-17(24(30)27-14-16-8-9-26-22(12-16)32-2)13-19(20)23(29)21(33(28)31)11-15-4-3-5-18(25)10-15/h3-10,12-13,21H,11,14H2,1-2H3,(H,27,30). The third-order valence-corrected chi connectivity index (χ3v) is 7.28. The summed E-state index contributed by atoms with van der Waals surface area (Å²) < 4.78 is 19.7. The van der Waals surface area contributed by atoms with Gasteiger partial charge in [0.2, 0.25) is 5.88 Å². The number of carbonyl (C=O) groups is 2. The average molecular weight is 484 g/mol. The molecule has 170 valence electrons. The molecular formula is C24H22ClN3O4S. The molecule has 0 aliphatic carbocycles. The van der Waals surface area contributed by atoms with Crippen molar-refractivity contribution in [3.63, 3.8) is 0 Å². The van der Waals surface area contributed by atoms with Gasteiger partial charge < -0.3 is 10.1 Å². The number of carbonyl (C=O) groups excluding carboxylic acids is 2. The summed E-state index contributed by atoms with van der Waals surface area (Å²) in [5.74, 6) is -0.111. The van der Waals surface area contributed by atoms with Gasteiger partial charge in [-0.15, -0.1) is 0 Å². The molecule has 3 aromatic rings. The Balaban J connectivity index is 1.55. The fourth-order valence-electron chi connectivity index (χ4n) is 3.70. The summed E-state index contributed by atoms with van der Waals surface area (Å²) in [5, 5.41) is 2.64. The molecule has 0 saturated heterocycles. The summed E-state index contributed by atoms with van der Waals surface area (Å²) in [5.41, 5.74) is 2.93. The number of ether oxygens (including phenoxy) is 1. The van der Waals surface area contributed by atoms with Crippen LogP contribution in [0.5, 0.6) is 5.88 Å². The van der Waals surface area contributed by atoms with Crippen LogP contribution in [0.3, 0.4) is 0 Å². The first-order valence-corrected chi connectivity index (χ1v) is 11.8. The van der Waals surface area contributed by atoms with E-state index in [9.17, 15) is 13.8 Å². The lowest BCUT2D eigenvalue weighted by atomic mass is 9.98. The minimum atomic E-state index is -1.55. The van der Waals surface area contributed by atoms with Gasteiger partial charge in [-0.3, -0.25) is 13.9 Å². The van der Waals surface area contributed by atoms with Crippen molar-refractivity contribution in [3.05, 3.63) is 88.1 Å². The van der Waals surface area contributed by atoms with E-state index in [2.05, 4.69) is 10.3 Å². The number of fused-ring (bicyclic) bond motifs is 1. The first-order chi connectivity index (χ1) is 15.9. The van der Waals surface area contributed by atoms with Gasteiger partial charge in [-0.25, -0.2) is 9.19 Å². The summed E-state index contributed by atoms with van der Waals surface area (Å²) in [6.07, 6.45) is 1.89.